The molecular weight excluding hydrogens is 644 g/mol. The maximum absolute atomic E-state index is 14.1. The van der Waals surface area contributed by atoms with Crippen molar-refractivity contribution in [2.24, 2.45) is 39.9 Å². The molecule has 0 aromatic heterocycles. The number of piperidine rings is 1. The second-order valence-electron chi connectivity index (χ2n) is 16.9. The minimum atomic E-state index is -1.70. The summed E-state index contributed by atoms with van der Waals surface area (Å²) in [6.45, 7) is 6.69. The Kier molecular flexibility index (Phi) is 7.81. The van der Waals surface area contributed by atoms with Gasteiger partial charge in [-0.05, 0) is 43.9 Å². The number of likely N-dealkylation sites (tertiary alicyclic amines) is 1. The van der Waals surface area contributed by atoms with E-state index in [9.17, 15) is 24.6 Å². The Labute approximate surface area is 293 Å². The molecule has 7 bridgehead atoms. The summed E-state index contributed by atoms with van der Waals surface area (Å²) in [4.78, 5) is 43.9. The minimum Gasteiger partial charge on any atom is -0.461 e. The second-order valence-corrected chi connectivity index (χ2v) is 16.9. The van der Waals surface area contributed by atoms with Crippen LogP contribution >= 0.6 is 0 Å². The Balaban J connectivity index is 1.23. The van der Waals surface area contributed by atoms with Crippen molar-refractivity contribution in [2.45, 2.75) is 94.5 Å². The van der Waals surface area contributed by atoms with Crippen molar-refractivity contribution in [3.63, 3.8) is 0 Å². The number of carbonyl (C=O) groups is 3. The fourth-order valence-electron chi connectivity index (χ4n) is 13.3. The van der Waals surface area contributed by atoms with Gasteiger partial charge >= 0.3 is 5.97 Å². The van der Waals surface area contributed by atoms with Crippen molar-refractivity contribution in [1.82, 2.24) is 4.90 Å². The summed E-state index contributed by atoms with van der Waals surface area (Å²) in [5.74, 6) is -2.06. The van der Waals surface area contributed by atoms with E-state index in [0.717, 1.165) is 11.3 Å². The van der Waals surface area contributed by atoms with Crippen LogP contribution in [0.3, 0.4) is 0 Å². The van der Waals surface area contributed by atoms with Gasteiger partial charge in [0.2, 0.25) is 11.8 Å². The maximum Gasteiger partial charge on any atom is 0.340 e. The quantitative estimate of drug-likeness (QED) is 0.290. The largest absolute Gasteiger partial charge is 0.461 e. The number of methoxy groups -OCH3 is 4. The first kappa shape index (κ1) is 34.6. The summed E-state index contributed by atoms with van der Waals surface area (Å²) in [5, 5.41) is 26.6. The highest BCUT2D eigenvalue weighted by Crippen LogP contribution is 2.80. The Morgan fingerprint density at radius 3 is 2.38 bits per heavy atom. The third-order valence-electron chi connectivity index (χ3n) is 14.8. The zero-order valence-corrected chi connectivity index (χ0v) is 30.2. The predicted molar refractivity (Wildman–Crippen MR) is 179 cm³/mol. The van der Waals surface area contributed by atoms with Crippen LogP contribution in [-0.2, 0) is 33.3 Å². The number of esters is 1. The van der Waals surface area contributed by atoms with Crippen molar-refractivity contribution in [3.05, 3.63) is 29.8 Å². The first-order chi connectivity index (χ1) is 23.8. The van der Waals surface area contributed by atoms with Crippen LogP contribution in [0.25, 0.3) is 0 Å². The van der Waals surface area contributed by atoms with Gasteiger partial charge in [-0.3, -0.25) is 14.5 Å². The zero-order valence-electron chi connectivity index (χ0n) is 30.2. The predicted octanol–water partition coefficient (Wildman–Crippen LogP) is 2.43. The van der Waals surface area contributed by atoms with Gasteiger partial charge < -0.3 is 33.9 Å². The van der Waals surface area contributed by atoms with E-state index in [1.807, 2.05) is 0 Å². The fraction of sp³-hybridized carbons (Fsp3) is 0.763. The van der Waals surface area contributed by atoms with Gasteiger partial charge in [0.25, 0.3) is 0 Å². The lowest BCUT2D eigenvalue weighted by atomic mass is 9.42. The number of nitrogens with zero attached hydrogens (tertiary/aromatic N) is 2. The molecule has 5 aliphatic carbocycles. The summed E-state index contributed by atoms with van der Waals surface area (Å²) in [7, 11) is 6.70. The standard InChI is InChI=1S/C38H52N2O10/c1-8-39-18-35(19-50-31(42)20-11-9-10-12-23(20)40-26(41)17-34(2,3)33(40)43)14-13-25(47-5)37-22-15-21-24(46-4)16-36(44,27(22)28(21)48-6)38(45,32(37)39)30(49-7)29(35)37/h9-12,21-22,24-25,27-30,32,44-45H,8,13-19H2,1-7H3/t21-,22-,24+,25+,27-,28+,29?,30?,32?,35-,36-,37+,38+/m1/s1. The number of likely N-dealkylation sites (N-methyl/N-ethyl adjacent to an activating group) is 1. The van der Waals surface area contributed by atoms with Crippen LogP contribution in [0.1, 0.15) is 63.2 Å². The van der Waals surface area contributed by atoms with E-state index in [2.05, 4.69) is 11.8 Å². The number of anilines is 1. The molecule has 1 aromatic rings. The Morgan fingerprint density at radius 1 is 1.02 bits per heavy atom. The summed E-state index contributed by atoms with van der Waals surface area (Å²) in [5.41, 5.74) is -5.07. The topological polar surface area (TPSA) is 144 Å². The molecule has 274 valence electrons. The van der Waals surface area contributed by atoms with E-state index < -0.39 is 45.6 Å². The highest BCUT2D eigenvalue weighted by molar-refractivity contribution is 6.24. The van der Waals surface area contributed by atoms with Gasteiger partial charge in [-0.15, -0.1) is 0 Å². The van der Waals surface area contributed by atoms with E-state index in [-0.39, 0.29) is 84.5 Å². The van der Waals surface area contributed by atoms with Gasteiger partial charge in [-0.25, -0.2) is 9.69 Å². The number of hydrogen-bond donors (Lipinski definition) is 2. The summed E-state index contributed by atoms with van der Waals surface area (Å²) in [6.07, 6.45) is 0.757. The molecule has 2 N–H and O–H groups in total. The monoisotopic (exact) mass is 696 g/mol. The molecule has 13 atom stereocenters. The third-order valence-corrected chi connectivity index (χ3v) is 14.8. The first-order valence-corrected chi connectivity index (χ1v) is 18.2. The number of ether oxygens (including phenoxy) is 5. The van der Waals surface area contributed by atoms with Crippen LogP contribution < -0.4 is 4.90 Å². The van der Waals surface area contributed by atoms with Crippen molar-refractivity contribution in [3.8, 4) is 0 Å². The number of amides is 2. The van der Waals surface area contributed by atoms with Crippen LogP contribution in [0.5, 0.6) is 0 Å². The molecule has 7 fully saturated rings. The first-order valence-electron chi connectivity index (χ1n) is 18.2. The Hall–Kier alpha value is -2.45. The van der Waals surface area contributed by atoms with Gasteiger partial charge in [-0.1, -0.05) is 32.9 Å². The van der Waals surface area contributed by atoms with Crippen molar-refractivity contribution < 1.29 is 48.3 Å². The molecule has 7 aliphatic rings. The van der Waals surface area contributed by atoms with Crippen molar-refractivity contribution in [2.75, 3.05) is 53.0 Å². The number of rotatable bonds is 9. The second kappa shape index (κ2) is 11.3. The summed E-state index contributed by atoms with van der Waals surface area (Å²) < 4.78 is 31.4. The number of fused-ring (bicyclic) bond motifs is 2. The number of hydrogen-bond acceptors (Lipinski definition) is 11. The molecule has 3 unspecified atom stereocenters. The average Bonchev–Trinajstić information content (AvgIpc) is 3.60. The smallest absolute Gasteiger partial charge is 0.340 e. The lowest BCUT2D eigenvalue weighted by Gasteiger charge is -2.70. The molecule has 12 nitrogen and oxygen atoms in total. The van der Waals surface area contributed by atoms with Crippen molar-refractivity contribution in [1.29, 1.82) is 0 Å². The lowest BCUT2D eigenvalue weighted by molar-refractivity contribution is -0.320. The Morgan fingerprint density at radius 2 is 1.76 bits per heavy atom. The average molecular weight is 697 g/mol. The molecule has 2 aliphatic heterocycles. The van der Waals surface area contributed by atoms with Gasteiger partial charge in [0, 0.05) is 76.4 Å². The SMILES string of the molecule is CCN1C[C@@]2(COC(=O)c3ccccc3N3C(=O)CC(C)(C)C3=O)CC[C@H](OC)[C@@]34C2C(OC)[C@](O)(C13)[C@@]1(O)C[C@H](OC)[C@H]2C[C@@H]4[C@@H]1[C@H]2OC. The molecule has 2 amide bonds. The van der Waals surface area contributed by atoms with Gasteiger partial charge in [0.15, 0.2) is 0 Å². The molecule has 1 aromatic carbocycles. The molecule has 50 heavy (non-hydrogen) atoms. The van der Waals surface area contributed by atoms with Crippen molar-refractivity contribution >= 4 is 23.5 Å². The minimum absolute atomic E-state index is 0.0310. The van der Waals surface area contributed by atoms with E-state index in [4.69, 9.17) is 23.7 Å². The van der Waals surface area contributed by atoms with Gasteiger partial charge in [0.1, 0.15) is 11.2 Å². The maximum atomic E-state index is 14.1. The van der Waals surface area contributed by atoms with E-state index in [0.29, 0.717) is 25.9 Å². The highest BCUT2D eigenvalue weighted by Gasteiger charge is 2.91. The van der Waals surface area contributed by atoms with E-state index in [1.54, 1.807) is 66.6 Å². The number of benzene rings is 1. The number of aliphatic hydroxyl groups is 2. The molecule has 2 saturated heterocycles. The normalized spacial score (nSPS) is 46.8. The highest BCUT2D eigenvalue weighted by atomic mass is 16.5. The van der Waals surface area contributed by atoms with Gasteiger partial charge in [0.05, 0.1) is 53.7 Å². The van der Waals surface area contributed by atoms with Crippen LogP contribution in [-0.4, -0.2) is 123 Å². The molecule has 0 radical (unpaired) electrons. The van der Waals surface area contributed by atoms with Crippen LogP contribution in [0.4, 0.5) is 5.69 Å². The number of carbonyl (C=O) groups excluding carboxylic acids is 3. The lowest BCUT2D eigenvalue weighted by Crippen LogP contribution is -2.82. The fourth-order valence-corrected chi connectivity index (χ4v) is 13.3. The van der Waals surface area contributed by atoms with Crippen LogP contribution in [0, 0.1) is 39.9 Å². The summed E-state index contributed by atoms with van der Waals surface area (Å²) in [6, 6.07) is 6.13. The number of imide groups is 1. The molecular formula is C38H52N2O10. The van der Waals surface area contributed by atoms with E-state index >= 15 is 0 Å². The number of para-hydroxylation sites is 1. The Bertz CT molecular complexity index is 1600. The summed E-state index contributed by atoms with van der Waals surface area (Å²) >= 11 is 0. The van der Waals surface area contributed by atoms with E-state index in [1.165, 1.54) is 0 Å². The molecule has 2 heterocycles. The van der Waals surface area contributed by atoms with Crippen LogP contribution in [0.2, 0.25) is 0 Å². The van der Waals surface area contributed by atoms with Crippen LogP contribution in [0.15, 0.2) is 24.3 Å². The molecule has 1 spiro atoms. The zero-order chi connectivity index (χ0) is 35.8. The van der Waals surface area contributed by atoms with Gasteiger partial charge in [-0.2, -0.15) is 0 Å². The molecule has 5 saturated carbocycles. The molecule has 12 heteroatoms. The molecule has 8 rings (SSSR count). The third kappa shape index (κ3) is 3.88.